The van der Waals surface area contributed by atoms with Crippen LogP contribution in [0.2, 0.25) is 0 Å². The summed E-state index contributed by atoms with van der Waals surface area (Å²) in [6, 6.07) is -0.323. The number of aliphatic hydroxyl groups is 1. The molecule has 2 atom stereocenters. The number of guanidine groups is 1. The molecular formula is C8H15F2N3O. The number of nitrogens with zero attached hydrogens (tertiary/aromatic N) is 1. The van der Waals surface area contributed by atoms with Crippen LogP contribution in [0.5, 0.6) is 0 Å². The normalized spacial score (nSPS) is 24.1. The fraction of sp³-hybridized carbons (Fsp3) is 0.875. The summed E-state index contributed by atoms with van der Waals surface area (Å²) in [5, 5.41) is 14.7. The van der Waals surface area contributed by atoms with Crippen LogP contribution in [-0.2, 0) is 0 Å². The molecule has 0 aliphatic carbocycles. The van der Waals surface area contributed by atoms with Crippen molar-refractivity contribution in [3.63, 3.8) is 0 Å². The highest BCUT2D eigenvalue weighted by atomic mass is 19.3. The molecule has 0 fully saturated rings. The van der Waals surface area contributed by atoms with E-state index in [1.807, 2.05) is 0 Å². The van der Waals surface area contributed by atoms with Gasteiger partial charge in [-0.3, -0.25) is 4.99 Å². The van der Waals surface area contributed by atoms with E-state index in [1.54, 1.807) is 6.92 Å². The predicted molar refractivity (Wildman–Crippen MR) is 49.5 cm³/mol. The Balaban J connectivity index is 2.30. The molecule has 0 saturated carbocycles. The molecule has 14 heavy (non-hydrogen) atoms. The van der Waals surface area contributed by atoms with Gasteiger partial charge in [0, 0.05) is 19.0 Å². The van der Waals surface area contributed by atoms with Gasteiger partial charge in [0.2, 0.25) is 6.43 Å². The van der Waals surface area contributed by atoms with Crippen molar-refractivity contribution in [3.8, 4) is 0 Å². The lowest BCUT2D eigenvalue weighted by Gasteiger charge is -2.22. The lowest BCUT2D eigenvalue weighted by Crippen LogP contribution is -2.49. The smallest absolute Gasteiger partial charge is 0.240 e. The maximum atomic E-state index is 12.0. The van der Waals surface area contributed by atoms with E-state index in [0.29, 0.717) is 19.0 Å². The molecule has 1 aliphatic rings. The van der Waals surface area contributed by atoms with Crippen molar-refractivity contribution in [1.29, 1.82) is 0 Å². The summed E-state index contributed by atoms with van der Waals surface area (Å²) in [5.41, 5.74) is 0. The van der Waals surface area contributed by atoms with Crippen LogP contribution < -0.4 is 10.6 Å². The van der Waals surface area contributed by atoms with E-state index >= 15 is 0 Å². The molecule has 0 spiro atoms. The Morgan fingerprint density at radius 1 is 1.71 bits per heavy atom. The molecule has 3 N–H and O–H groups in total. The van der Waals surface area contributed by atoms with Crippen molar-refractivity contribution in [2.24, 2.45) is 4.99 Å². The van der Waals surface area contributed by atoms with E-state index < -0.39 is 12.5 Å². The first-order valence-electron chi connectivity index (χ1n) is 4.59. The van der Waals surface area contributed by atoms with Gasteiger partial charge in [0.1, 0.15) is 0 Å². The van der Waals surface area contributed by atoms with Gasteiger partial charge in [0.05, 0.1) is 12.6 Å². The Kier molecular flexibility index (Phi) is 4.06. The molecule has 0 aromatic heterocycles. The first-order chi connectivity index (χ1) is 6.58. The molecule has 0 saturated heterocycles. The van der Waals surface area contributed by atoms with E-state index in [0.717, 1.165) is 0 Å². The minimum Gasteiger partial charge on any atom is -0.389 e. The Morgan fingerprint density at radius 2 is 2.43 bits per heavy atom. The second kappa shape index (κ2) is 5.09. The highest BCUT2D eigenvalue weighted by molar-refractivity contribution is 5.80. The van der Waals surface area contributed by atoms with E-state index in [4.69, 9.17) is 5.11 Å². The van der Waals surface area contributed by atoms with Crippen LogP contribution in [0.15, 0.2) is 4.99 Å². The van der Waals surface area contributed by atoms with Crippen molar-refractivity contribution in [1.82, 2.24) is 10.6 Å². The molecule has 0 bridgehead atoms. The van der Waals surface area contributed by atoms with Gasteiger partial charge in [-0.2, -0.15) is 0 Å². The molecule has 0 amide bonds. The van der Waals surface area contributed by atoms with Gasteiger partial charge in [-0.1, -0.05) is 0 Å². The Morgan fingerprint density at radius 3 is 2.93 bits per heavy atom. The predicted octanol–water partition coefficient (Wildman–Crippen LogP) is -0.0602. The molecular weight excluding hydrogens is 192 g/mol. The second-order valence-electron chi connectivity index (χ2n) is 3.40. The summed E-state index contributed by atoms with van der Waals surface area (Å²) in [6.45, 7) is 2.39. The van der Waals surface area contributed by atoms with Crippen LogP contribution in [0.3, 0.4) is 0 Å². The van der Waals surface area contributed by atoms with Crippen LogP contribution in [0.1, 0.15) is 13.3 Å². The van der Waals surface area contributed by atoms with E-state index in [1.165, 1.54) is 0 Å². The fourth-order valence-corrected chi connectivity index (χ4v) is 1.19. The number of aliphatic imine (C=N–C) groups is 1. The monoisotopic (exact) mass is 207 g/mol. The van der Waals surface area contributed by atoms with Crippen molar-refractivity contribution < 1.29 is 13.9 Å². The van der Waals surface area contributed by atoms with E-state index in [9.17, 15) is 8.78 Å². The Labute approximate surface area is 81.4 Å². The highest BCUT2D eigenvalue weighted by Gasteiger charge is 2.15. The maximum absolute atomic E-state index is 12.0. The Hall–Kier alpha value is -0.910. The van der Waals surface area contributed by atoms with E-state index in [-0.39, 0.29) is 12.5 Å². The van der Waals surface area contributed by atoms with Gasteiger partial charge in [0.15, 0.2) is 5.96 Å². The van der Waals surface area contributed by atoms with Gasteiger partial charge in [0.25, 0.3) is 0 Å². The number of aliphatic hydroxyl groups excluding tert-OH is 1. The molecule has 1 rings (SSSR count). The quantitative estimate of drug-likeness (QED) is 0.607. The zero-order valence-corrected chi connectivity index (χ0v) is 8.00. The van der Waals surface area contributed by atoms with Gasteiger partial charge in [-0.25, -0.2) is 8.78 Å². The topological polar surface area (TPSA) is 56.7 Å². The maximum Gasteiger partial charge on any atom is 0.240 e. The molecule has 0 radical (unpaired) electrons. The summed E-state index contributed by atoms with van der Waals surface area (Å²) in [6.07, 6.45) is -3.00. The van der Waals surface area contributed by atoms with Crippen molar-refractivity contribution in [2.75, 3.05) is 13.1 Å². The summed E-state index contributed by atoms with van der Waals surface area (Å²) in [5.74, 6) is 0.489. The molecule has 2 unspecified atom stereocenters. The van der Waals surface area contributed by atoms with Gasteiger partial charge in [-0.15, -0.1) is 0 Å². The minimum absolute atomic E-state index is 0.205. The molecule has 4 nitrogen and oxygen atoms in total. The lowest BCUT2D eigenvalue weighted by molar-refractivity contribution is 0.127. The SMILES string of the molecule is CC(CC(F)F)NC1=NCC(O)CN1. The van der Waals surface area contributed by atoms with Crippen LogP contribution in [-0.4, -0.2) is 42.7 Å². The average molecular weight is 207 g/mol. The van der Waals surface area contributed by atoms with Gasteiger partial charge >= 0.3 is 0 Å². The molecule has 1 aliphatic heterocycles. The molecule has 1 heterocycles. The first kappa shape index (κ1) is 11.2. The Bertz CT molecular complexity index is 211. The fourth-order valence-electron chi connectivity index (χ4n) is 1.19. The highest BCUT2D eigenvalue weighted by Crippen LogP contribution is 2.03. The third kappa shape index (κ3) is 3.87. The first-order valence-corrected chi connectivity index (χ1v) is 4.59. The summed E-state index contributed by atoms with van der Waals surface area (Å²) >= 11 is 0. The van der Waals surface area contributed by atoms with Crippen molar-refractivity contribution >= 4 is 5.96 Å². The zero-order valence-electron chi connectivity index (χ0n) is 8.00. The van der Waals surface area contributed by atoms with Crippen molar-refractivity contribution in [2.45, 2.75) is 31.9 Å². The second-order valence-corrected chi connectivity index (χ2v) is 3.40. The number of alkyl halides is 2. The minimum atomic E-state index is -2.31. The van der Waals surface area contributed by atoms with Crippen LogP contribution >= 0.6 is 0 Å². The standard InChI is InChI=1S/C8H15F2N3O/c1-5(2-7(9)10)13-8-11-3-6(14)4-12-8/h5-7,14H,2-4H2,1H3,(H2,11,12,13). The molecule has 82 valence electrons. The zero-order chi connectivity index (χ0) is 10.6. The lowest BCUT2D eigenvalue weighted by atomic mass is 10.2. The molecule has 0 aromatic carbocycles. The number of β-amino-alcohol motifs (C(OH)–C–C–N with tert-alkyl or cyclic N) is 1. The number of hydrogen-bond acceptors (Lipinski definition) is 4. The van der Waals surface area contributed by atoms with E-state index in [2.05, 4.69) is 15.6 Å². The number of halogens is 2. The van der Waals surface area contributed by atoms with Crippen molar-refractivity contribution in [3.05, 3.63) is 0 Å². The third-order valence-corrected chi connectivity index (χ3v) is 1.88. The largest absolute Gasteiger partial charge is 0.389 e. The van der Waals surface area contributed by atoms with Crippen LogP contribution in [0.25, 0.3) is 0 Å². The summed E-state index contributed by atoms with van der Waals surface area (Å²) in [7, 11) is 0. The summed E-state index contributed by atoms with van der Waals surface area (Å²) < 4.78 is 23.9. The van der Waals surface area contributed by atoms with Crippen LogP contribution in [0.4, 0.5) is 8.78 Å². The number of hydrogen-bond donors (Lipinski definition) is 3. The van der Waals surface area contributed by atoms with Gasteiger partial charge in [-0.05, 0) is 6.92 Å². The number of rotatable bonds is 3. The van der Waals surface area contributed by atoms with Gasteiger partial charge < -0.3 is 15.7 Å². The summed E-state index contributed by atoms with van der Waals surface area (Å²) in [4.78, 5) is 3.96. The van der Waals surface area contributed by atoms with Crippen LogP contribution in [0, 0.1) is 0 Å². The molecule has 0 aromatic rings. The average Bonchev–Trinajstić information content (AvgIpc) is 2.07. The molecule has 6 heteroatoms. The third-order valence-electron chi connectivity index (χ3n) is 1.88. The number of nitrogens with one attached hydrogen (secondary N) is 2.